The molecule has 0 aromatic carbocycles. The third kappa shape index (κ3) is 1.76. The lowest BCUT2D eigenvalue weighted by Crippen LogP contribution is -1.98. The summed E-state index contributed by atoms with van der Waals surface area (Å²) in [7, 11) is 1.38. The van der Waals surface area contributed by atoms with E-state index < -0.39 is 0 Å². The molecule has 1 aromatic rings. The molecule has 0 aliphatic rings. The molecule has 60 valence electrons. The molecule has 0 aliphatic carbocycles. The summed E-state index contributed by atoms with van der Waals surface area (Å²) in [5.41, 5.74) is 0.708. The van der Waals surface area contributed by atoms with E-state index in [0.29, 0.717) is 5.56 Å². The fraction of sp³-hybridized carbons (Fsp3) is 0.143. The van der Waals surface area contributed by atoms with Gasteiger partial charge in [-0.05, 0) is 0 Å². The van der Waals surface area contributed by atoms with Crippen LogP contribution in [0, 0.1) is 11.3 Å². The van der Waals surface area contributed by atoms with Crippen LogP contribution in [0.4, 0.5) is 0 Å². The molecule has 5 heteroatoms. The van der Waals surface area contributed by atoms with Gasteiger partial charge in [-0.1, -0.05) is 5.16 Å². The van der Waals surface area contributed by atoms with Crippen molar-refractivity contribution in [3.63, 3.8) is 0 Å². The van der Waals surface area contributed by atoms with Crippen molar-refractivity contribution in [2.45, 2.75) is 0 Å². The third-order valence-electron chi connectivity index (χ3n) is 1.12. The minimum Gasteiger partial charge on any atom is -0.398 e. The smallest absolute Gasteiger partial charge is 0.189 e. The molecule has 1 heterocycles. The van der Waals surface area contributed by atoms with Crippen molar-refractivity contribution in [3.05, 3.63) is 24.3 Å². The Bertz CT molecular complexity index is 314. The molecule has 0 bridgehead atoms. The summed E-state index contributed by atoms with van der Waals surface area (Å²) in [6.45, 7) is 0. The van der Waals surface area contributed by atoms with E-state index in [0.717, 1.165) is 0 Å². The van der Waals surface area contributed by atoms with E-state index in [9.17, 15) is 0 Å². The van der Waals surface area contributed by atoms with Crippen LogP contribution >= 0.6 is 0 Å². The Balaban J connectivity index is 2.98. The van der Waals surface area contributed by atoms with Gasteiger partial charge in [-0.3, -0.25) is 0 Å². The van der Waals surface area contributed by atoms with Crippen molar-refractivity contribution in [2.75, 3.05) is 7.11 Å². The normalized spacial score (nSPS) is 10.5. The summed E-state index contributed by atoms with van der Waals surface area (Å²) >= 11 is 0. The average molecular weight is 162 g/mol. The number of hydrogen-bond acceptors (Lipinski definition) is 5. The molecule has 0 spiro atoms. The maximum atomic E-state index is 8.59. The van der Waals surface area contributed by atoms with Gasteiger partial charge in [0.2, 0.25) is 0 Å². The number of nitriles is 1. The second kappa shape index (κ2) is 4.03. The van der Waals surface area contributed by atoms with Crippen molar-refractivity contribution in [2.24, 2.45) is 5.16 Å². The van der Waals surface area contributed by atoms with Gasteiger partial charge in [-0.15, -0.1) is 0 Å². The van der Waals surface area contributed by atoms with Crippen LogP contribution < -0.4 is 0 Å². The summed E-state index contributed by atoms with van der Waals surface area (Å²) in [5.74, 6) is 0. The quantitative estimate of drug-likeness (QED) is 0.464. The summed E-state index contributed by atoms with van der Waals surface area (Å²) < 4.78 is 0. The summed E-state index contributed by atoms with van der Waals surface area (Å²) in [4.78, 5) is 11.9. The Kier molecular flexibility index (Phi) is 2.73. The molecule has 0 radical (unpaired) electrons. The van der Waals surface area contributed by atoms with Crippen molar-refractivity contribution >= 4 is 5.71 Å². The van der Waals surface area contributed by atoms with Crippen LogP contribution in [0.15, 0.2) is 23.9 Å². The van der Waals surface area contributed by atoms with Gasteiger partial charge < -0.3 is 4.84 Å². The minimum absolute atomic E-state index is 0.165. The van der Waals surface area contributed by atoms with E-state index in [2.05, 4.69) is 20.0 Å². The second-order valence-electron chi connectivity index (χ2n) is 1.86. The van der Waals surface area contributed by atoms with Crippen molar-refractivity contribution in [1.82, 2.24) is 9.97 Å². The zero-order valence-electron chi connectivity index (χ0n) is 6.43. The van der Waals surface area contributed by atoms with Gasteiger partial charge >= 0.3 is 0 Å². The first-order valence-electron chi connectivity index (χ1n) is 3.15. The fourth-order valence-corrected chi connectivity index (χ4v) is 0.650. The number of rotatable bonds is 2. The predicted octanol–water partition coefficient (Wildman–Crippen LogP) is 0.351. The monoisotopic (exact) mass is 162 g/mol. The molecule has 0 amide bonds. The third-order valence-corrected chi connectivity index (χ3v) is 1.12. The highest BCUT2D eigenvalue weighted by atomic mass is 16.6. The maximum absolute atomic E-state index is 8.59. The first-order chi connectivity index (χ1) is 5.88. The Hall–Kier alpha value is -1.96. The Morgan fingerprint density at radius 2 is 2.25 bits per heavy atom. The molecule has 0 saturated heterocycles. The van der Waals surface area contributed by atoms with Gasteiger partial charge in [-0.2, -0.15) is 5.26 Å². The van der Waals surface area contributed by atoms with Crippen molar-refractivity contribution in [3.8, 4) is 6.07 Å². The molecule has 0 atom stereocenters. The van der Waals surface area contributed by atoms with Crippen molar-refractivity contribution < 1.29 is 4.84 Å². The molecule has 1 aromatic heterocycles. The zero-order valence-corrected chi connectivity index (χ0v) is 6.43. The Morgan fingerprint density at radius 1 is 1.58 bits per heavy atom. The lowest BCUT2D eigenvalue weighted by Gasteiger charge is -1.93. The number of hydrogen-bond donors (Lipinski definition) is 0. The van der Waals surface area contributed by atoms with Gasteiger partial charge in [0.25, 0.3) is 0 Å². The Labute approximate surface area is 69.3 Å². The molecule has 0 fully saturated rings. The van der Waals surface area contributed by atoms with Crippen molar-refractivity contribution in [1.29, 1.82) is 5.26 Å². The van der Waals surface area contributed by atoms with E-state index in [1.807, 2.05) is 6.07 Å². The first-order valence-corrected chi connectivity index (χ1v) is 3.15. The minimum atomic E-state index is 0.165. The van der Waals surface area contributed by atoms with Gasteiger partial charge in [0.05, 0.1) is 5.56 Å². The van der Waals surface area contributed by atoms with E-state index in [1.54, 1.807) is 0 Å². The van der Waals surface area contributed by atoms with Gasteiger partial charge in [0.1, 0.15) is 19.5 Å². The molecule has 5 nitrogen and oxygen atoms in total. The van der Waals surface area contributed by atoms with Gasteiger partial charge in [0.15, 0.2) is 5.71 Å². The van der Waals surface area contributed by atoms with E-state index in [-0.39, 0.29) is 5.71 Å². The Morgan fingerprint density at radius 3 is 2.75 bits per heavy atom. The largest absolute Gasteiger partial charge is 0.398 e. The lowest BCUT2D eigenvalue weighted by atomic mass is 10.2. The average Bonchev–Trinajstić information content (AvgIpc) is 2.15. The highest BCUT2D eigenvalue weighted by molar-refractivity contribution is 6.10. The predicted molar refractivity (Wildman–Crippen MR) is 41.2 cm³/mol. The number of aromatic nitrogens is 2. The molecule has 0 unspecified atom stereocenters. The van der Waals surface area contributed by atoms with Crippen LogP contribution in [0.1, 0.15) is 5.56 Å². The fourth-order valence-electron chi connectivity index (χ4n) is 0.650. The van der Waals surface area contributed by atoms with E-state index in [1.165, 1.54) is 25.8 Å². The SMILES string of the molecule is CON=C(C#N)c1cncnc1. The molecule has 0 N–H and O–H groups in total. The van der Waals surface area contributed by atoms with E-state index in [4.69, 9.17) is 5.26 Å². The highest BCUT2D eigenvalue weighted by Gasteiger charge is 2.01. The molecule has 0 aliphatic heterocycles. The number of nitrogens with zero attached hydrogens (tertiary/aromatic N) is 4. The second-order valence-corrected chi connectivity index (χ2v) is 1.86. The van der Waals surface area contributed by atoms with Crippen LogP contribution in [0.2, 0.25) is 0 Å². The zero-order chi connectivity index (χ0) is 8.81. The molecule has 1 rings (SSSR count). The summed E-state index contributed by atoms with van der Waals surface area (Å²) in [6, 6.07) is 1.86. The van der Waals surface area contributed by atoms with Crippen LogP contribution in [-0.2, 0) is 4.84 Å². The molecule has 12 heavy (non-hydrogen) atoms. The standard InChI is InChI=1S/C7H6N4O/c1-12-11-7(2-8)6-3-9-5-10-4-6/h3-5H,1H3. The first kappa shape index (κ1) is 8.14. The molecular formula is C7H6N4O. The van der Waals surface area contributed by atoms with Gasteiger partial charge in [0, 0.05) is 12.4 Å². The molecule has 0 saturated carbocycles. The number of oxime groups is 1. The van der Waals surface area contributed by atoms with E-state index >= 15 is 0 Å². The molecular weight excluding hydrogens is 156 g/mol. The maximum Gasteiger partial charge on any atom is 0.189 e. The van der Waals surface area contributed by atoms with Crippen LogP contribution in [0.3, 0.4) is 0 Å². The lowest BCUT2D eigenvalue weighted by molar-refractivity contribution is 0.214. The highest BCUT2D eigenvalue weighted by Crippen LogP contribution is 1.95. The van der Waals surface area contributed by atoms with Crippen LogP contribution in [-0.4, -0.2) is 22.8 Å². The van der Waals surface area contributed by atoms with Crippen LogP contribution in [0.25, 0.3) is 0 Å². The summed E-state index contributed by atoms with van der Waals surface area (Å²) in [5, 5.41) is 12.1. The summed E-state index contributed by atoms with van der Waals surface area (Å²) in [6.07, 6.45) is 4.37. The topological polar surface area (TPSA) is 71.2 Å². The van der Waals surface area contributed by atoms with Gasteiger partial charge in [-0.25, -0.2) is 9.97 Å². The van der Waals surface area contributed by atoms with Crippen LogP contribution in [0.5, 0.6) is 0 Å².